The zero-order valence-electron chi connectivity index (χ0n) is 12.4. The number of aryl methyl sites for hydroxylation is 1. The Kier molecular flexibility index (Phi) is 4.06. The number of amides is 1. The lowest BCUT2D eigenvalue weighted by Gasteiger charge is -2.02. The maximum atomic E-state index is 12.2. The van der Waals surface area contributed by atoms with Crippen molar-refractivity contribution in [3.05, 3.63) is 53.6 Å². The fraction of sp³-hybridized carbons (Fsp3) is 0.176. The van der Waals surface area contributed by atoms with Crippen molar-refractivity contribution in [1.29, 1.82) is 0 Å². The van der Waals surface area contributed by atoms with Crippen molar-refractivity contribution in [2.45, 2.75) is 13.3 Å². The number of ether oxygens (including phenoxy) is 1. The minimum atomic E-state index is -0.145. The lowest BCUT2D eigenvalue weighted by molar-refractivity contribution is 0.102. The van der Waals surface area contributed by atoms with Crippen LogP contribution in [0.2, 0.25) is 0 Å². The van der Waals surface area contributed by atoms with Gasteiger partial charge in [-0.15, -0.1) is 0 Å². The van der Waals surface area contributed by atoms with Gasteiger partial charge in [-0.05, 0) is 42.3 Å². The van der Waals surface area contributed by atoms with Crippen molar-refractivity contribution < 1.29 is 9.53 Å². The fourth-order valence-corrected chi connectivity index (χ4v) is 3.04. The van der Waals surface area contributed by atoms with Crippen LogP contribution in [0.3, 0.4) is 0 Å². The summed E-state index contributed by atoms with van der Waals surface area (Å²) in [6.45, 7) is 2.09. The van der Waals surface area contributed by atoms with E-state index >= 15 is 0 Å². The molecule has 1 amide bonds. The first kappa shape index (κ1) is 14.5. The number of rotatable bonds is 4. The largest absolute Gasteiger partial charge is 0.497 e. The van der Waals surface area contributed by atoms with E-state index in [0.29, 0.717) is 10.7 Å². The summed E-state index contributed by atoms with van der Waals surface area (Å²) >= 11 is 1.43. The minimum Gasteiger partial charge on any atom is -0.497 e. The highest BCUT2D eigenvalue weighted by Crippen LogP contribution is 2.29. The molecule has 4 nitrogen and oxygen atoms in total. The van der Waals surface area contributed by atoms with Gasteiger partial charge in [0.2, 0.25) is 0 Å². The predicted octanol–water partition coefficient (Wildman–Crippen LogP) is 4.12. The van der Waals surface area contributed by atoms with E-state index in [0.717, 1.165) is 22.4 Å². The van der Waals surface area contributed by atoms with Crippen LogP contribution in [-0.4, -0.2) is 18.0 Å². The van der Waals surface area contributed by atoms with E-state index in [1.807, 2.05) is 42.5 Å². The molecule has 0 atom stereocenters. The average molecular weight is 312 g/mol. The summed E-state index contributed by atoms with van der Waals surface area (Å²) in [6, 6.07) is 13.3. The molecule has 0 aliphatic rings. The van der Waals surface area contributed by atoms with Crippen LogP contribution in [0, 0.1) is 0 Å². The second kappa shape index (κ2) is 6.15. The summed E-state index contributed by atoms with van der Waals surface area (Å²) in [5.74, 6) is 0.637. The molecule has 3 aromatic rings. The third-order valence-electron chi connectivity index (χ3n) is 3.44. The molecule has 2 aromatic carbocycles. The number of nitrogens with zero attached hydrogens (tertiary/aromatic N) is 1. The number of methoxy groups -OCH3 is 1. The lowest BCUT2D eigenvalue weighted by Crippen LogP contribution is -2.11. The number of carbonyl (C=O) groups excluding carboxylic acids is 1. The maximum Gasteiger partial charge on any atom is 0.257 e. The normalized spacial score (nSPS) is 10.6. The summed E-state index contributed by atoms with van der Waals surface area (Å²) < 4.78 is 6.18. The molecule has 0 aliphatic carbocycles. The molecule has 0 unspecified atom stereocenters. The SMILES string of the molecule is CCc1ccc(C(=O)Nc2nc3ccc(OC)cc3s2)cc1. The first-order valence-electron chi connectivity index (χ1n) is 7.04. The molecule has 0 aliphatic heterocycles. The number of fused-ring (bicyclic) bond motifs is 1. The van der Waals surface area contributed by atoms with Gasteiger partial charge < -0.3 is 4.74 Å². The van der Waals surface area contributed by atoms with Crippen LogP contribution in [0.5, 0.6) is 5.75 Å². The lowest BCUT2D eigenvalue weighted by atomic mass is 10.1. The van der Waals surface area contributed by atoms with Crippen LogP contribution in [0.4, 0.5) is 5.13 Å². The maximum absolute atomic E-state index is 12.2. The van der Waals surface area contributed by atoms with E-state index < -0.39 is 0 Å². The Hall–Kier alpha value is -2.40. The Morgan fingerprint density at radius 3 is 2.68 bits per heavy atom. The molecule has 1 N–H and O–H groups in total. The second-order valence-electron chi connectivity index (χ2n) is 4.86. The molecule has 5 heteroatoms. The van der Waals surface area contributed by atoms with Gasteiger partial charge in [-0.3, -0.25) is 10.1 Å². The highest BCUT2D eigenvalue weighted by Gasteiger charge is 2.10. The van der Waals surface area contributed by atoms with Crippen LogP contribution in [-0.2, 0) is 6.42 Å². The van der Waals surface area contributed by atoms with Crippen LogP contribution in [0.1, 0.15) is 22.8 Å². The molecule has 1 aromatic heterocycles. The van der Waals surface area contributed by atoms with Crippen LogP contribution < -0.4 is 10.1 Å². The Morgan fingerprint density at radius 1 is 1.23 bits per heavy atom. The van der Waals surface area contributed by atoms with E-state index in [1.54, 1.807) is 7.11 Å². The minimum absolute atomic E-state index is 0.145. The van der Waals surface area contributed by atoms with Gasteiger partial charge in [0.25, 0.3) is 5.91 Å². The number of anilines is 1. The number of aromatic nitrogens is 1. The summed E-state index contributed by atoms with van der Waals surface area (Å²) in [4.78, 5) is 16.7. The first-order valence-corrected chi connectivity index (χ1v) is 7.86. The number of hydrogen-bond donors (Lipinski definition) is 1. The number of hydrogen-bond acceptors (Lipinski definition) is 4. The molecule has 1 heterocycles. The molecular weight excluding hydrogens is 296 g/mol. The van der Waals surface area contributed by atoms with E-state index in [-0.39, 0.29) is 5.91 Å². The molecule has 0 saturated carbocycles. The molecule has 3 rings (SSSR count). The van der Waals surface area contributed by atoms with E-state index in [4.69, 9.17) is 4.74 Å². The van der Waals surface area contributed by atoms with E-state index in [1.165, 1.54) is 16.9 Å². The van der Waals surface area contributed by atoms with Gasteiger partial charge in [0, 0.05) is 5.56 Å². The topological polar surface area (TPSA) is 51.2 Å². The van der Waals surface area contributed by atoms with Gasteiger partial charge in [-0.1, -0.05) is 30.4 Å². The quantitative estimate of drug-likeness (QED) is 0.788. The van der Waals surface area contributed by atoms with E-state index in [9.17, 15) is 4.79 Å². The molecule has 0 fully saturated rings. The van der Waals surface area contributed by atoms with Crippen LogP contribution in [0.25, 0.3) is 10.2 Å². The second-order valence-corrected chi connectivity index (χ2v) is 5.89. The third-order valence-corrected chi connectivity index (χ3v) is 4.37. The number of thiazole rings is 1. The molecule has 22 heavy (non-hydrogen) atoms. The summed E-state index contributed by atoms with van der Waals surface area (Å²) in [6.07, 6.45) is 0.960. The highest BCUT2D eigenvalue weighted by molar-refractivity contribution is 7.22. The van der Waals surface area contributed by atoms with E-state index in [2.05, 4.69) is 17.2 Å². The van der Waals surface area contributed by atoms with Crippen molar-refractivity contribution in [2.24, 2.45) is 0 Å². The molecule has 0 bridgehead atoms. The smallest absolute Gasteiger partial charge is 0.257 e. The number of benzene rings is 2. The van der Waals surface area contributed by atoms with Crippen LogP contribution >= 0.6 is 11.3 Å². The van der Waals surface area contributed by atoms with Crippen molar-refractivity contribution in [3.63, 3.8) is 0 Å². The van der Waals surface area contributed by atoms with Crippen molar-refractivity contribution in [1.82, 2.24) is 4.98 Å². The molecule has 0 radical (unpaired) electrons. The van der Waals surface area contributed by atoms with Gasteiger partial charge in [-0.25, -0.2) is 4.98 Å². The Bertz CT molecular complexity index is 809. The number of nitrogens with one attached hydrogen (secondary N) is 1. The van der Waals surface area contributed by atoms with Gasteiger partial charge >= 0.3 is 0 Å². The number of carbonyl (C=O) groups is 1. The van der Waals surface area contributed by atoms with Gasteiger partial charge in [0.05, 0.1) is 17.3 Å². The van der Waals surface area contributed by atoms with Gasteiger partial charge in [0.1, 0.15) is 5.75 Å². The molecule has 0 spiro atoms. The highest BCUT2D eigenvalue weighted by atomic mass is 32.1. The van der Waals surface area contributed by atoms with Gasteiger partial charge in [-0.2, -0.15) is 0 Å². The predicted molar refractivity (Wildman–Crippen MR) is 89.9 cm³/mol. The van der Waals surface area contributed by atoms with Crippen molar-refractivity contribution in [2.75, 3.05) is 12.4 Å². The van der Waals surface area contributed by atoms with Crippen molar-refractivity contribution >= 4 is 32.6 Å². The first-order chi connectivity index (χ1) is 10.7. The summed E-state index contributed by atoms with van der Waals surface area (Å²) in [7, 11) is 1.63. The van der Waals surface area contributed by atoms with Crippen LogP contribution in [0.15, 0.2) is 42.5 Å². The third kappa shape index (κ3) is 2.94. The Morgan fingerprint density at radius 2 is 2.00 bits per heavy atom. The monoisotopic (exact) mass is 312 g/mol. The fourth-order valence-electron chi connectivity index (χ4n) is 2.15. The van der Waals surface area contributed by atoms with Gasteiger partial charge in [0.15, 0.2) is 5.13 Å². The zero-order valence-corrected chi connectivity index (χ0v) is 13.2. The zero-order chi connectivity index (χ0) is 15.5. The Labute approximate surface area is 132 Å². The molecule has 112 valence electrons. The standard InChI is InChI=1S/C17H16N2O2S/c1-3-11-4-6-12(7-5-11)16(20)19-17-18-14-9-8-13(21-2)10-15(14)22-17/h4-10H,3H2,1-2H3,(H,18,19,20). The Balaban J connectivity index is 1.80. The molecule has 0 saturated heterocycles. The summed E-state index contributed by atoms with van der Waals surface area (Å²) in [5, 5.41) is 3.44. The summed E-state index contributed by atoms with van der Waals surface area (Å²) in [5.41, 5.74) is 2.69. The van der Waals surface area contributed by atoms with Crippen molar-refractivity contribution in [3.8, 4) is 5.75 Å². The average Bonchev–Trinajstić information content (AvgIpc) is 2.95. The molecular formula is C17H16N2O2S.